The Labute approximate surface area is 120 Å². The maximum Gasteiger partial charge on any atom is 0.338 e. The molecular weight excluding hydrogens is 310 g/mol. The van der Waals surface area contributed by atoms with Gasteiger partial charge in [0.05, 0.1) is 30.0 Å². The number of carbonyl (C=O) groups excluding carboxylic acids is 2. The van der Waals surface area contributed by atoms with E-state index in [1.807, 2.05) is 6.07 Å². The number of nitrogens with zero attached hydrogens (tertiary/aromatic N) is 1. The predicted molar refractivity (Wildman–Crippen MR) is 74.2 cm³/mol. The Hall–Kier alpha value is -1.67. The van der Waals surface area contributed by atoms with Crippen molar-refractivity contribution < 1.29 is 14.3 Å². The molecule has 5 heteroatoms. The summed E-state index contributed by atoms with van der Waals surface area (Å²) < 4.78 is 4.97. The molecular formula is C14H14BrNO3. The molecule has 0 aliphatic heterocycles. The van der Waals surface area contributed by atoms with Crippen LogP contribution in [0.3, 0.4) is 0 Å². The van der Waals surface area contributed by atoms with Gasteiger partial charge < -0.3 is 4.74 Å². The summed E-state index contributed by atoms with van der Waals surface area (Å²) in [7, 11) is 0. The first-order valence-electron chi connectivity index (χ1n) is 5.85. The van der Waals surface area contributed by atoms with Crippen LogP contribution in [0, 0.1) is 11.3 Å². The van der Waals surface area contributed by atoms with Crippen molar-refractivity contribution in [3.63, 3.8) is 0 Å². The van der Waals surface area contributed by atoms with Crippen molar-refractivity contribution in [1.82, 2.24) is 0 Å². The Morgan fingerprint density at radius 3 is 2.74 bits per heavy atom. The second-order valence-corrected chi connectivity index (χ2v) is 4.46. The molecule has 1 aromatic rings. The second-order valence-electron chi connectivity index (χ2n) is 3.90. The van der Waals surface area contributed by atoms with Crippen LogP contribution in [-0.4, -0.2) is 23.7 Å². The first kappa shape index (κ1) is 15.4. The fourth-order valence-corrected chi connectivity index (χ4v) is 1.84. The Kier molecular flexibility index (Phi) is 6.23. The van der Waals surface area contributed by atoms with Crippen LogP contribution in [0.4, 0.5) is 0 Å². The average molecular weight is 324 g/mol. The van der Waals surface area contributed by atoms with Crippen molar-refractivity contribution in [3.8, 4) is 6.07 Å². The molecule has 0 aromatic heterocycles. The monoisotopic (exact) mass is 323 g/mol. The van der Waals surface area contributed by atoms with Crippen molar-refractivity contribution in [2.45, 2.75) is 19.8 Å². The van der Waals surface area contributed by atoms with Crippen molar-refractivity contribution in [2.24, 2.45) is 0 Å². The molecule has 0 amide bonds. The van der Waals surface area contributed by atoms with E-state index in [2.05, 4.69) is 15.9 Å². The van der Waals surface area contributed by atoms with Crippen molar-refractivity contribution >= 4 is 27.7 Å². The summed E-state index contributed by atoms with van der Waals surface area (Å²) in [5.74, 6) is -0.474. The first-order valence-corrected chi connectivity index (χ1v) is 6.98. The molecule has 0 N–H and O–H groups in total. The first-order chi connectivity index (χ1) is 9.12. The van der Waals surface area contributed by atoms with E-state index in [1.54, 1.807) is 25.1 Å². The van der Waals surface area contributed by atoms with E-state index in [0.29, 0.717) is 11.1 Å². The average Bonchev–Trinajstić information content (AvgIpc) is 2.40. The van der Waals surface area contributed by atoms with Crippen LogP contribution in [0.2, 0.25) is 0 Å². The van der Waals surface area contributed by atoms with Gasteiger partial charge in [-0.25, -0.2) is 4.79 Å². The van der Waals surface area contributed by atoms with E-state index in [0.717, 1.165) is 5.56 Å². The topological polar surface area (TPSA) is 67.2 Å². The molecule has 0 fully saturated rings. The number of esters is 1. The Morgan fingerprint density at radius 2 is 2.16 bits per heavy atom. The zero-order valence-electron chi connectivity index (χ0n) is 10.6. The summed E-state index contributed by atoms with van der Waals surface area (Å²) in [6.45, 7) is 1.99. The third kappa shape index (κ3) is 4.49. The number of benzene rings is 1. The summed E-state index contributed by atoms with van der Waals surface area (Å²) in [6, 6.07) is 7.11. The van der Waals surface area contributed by atoms with E-state index < -0.39 is 5.97 Å². The van der Waals surface area contributed by atoms with E-state index >= 15 is 0 Å². The Bertz CT molecular complexity index is 520. The molecule has 1 aromatic carbocycles. The lowest BCUT2D eigenvalue weighted by Crippen LogP contribution is -2.12. The van der Waals surface area contributed by atoms with Gasteiger partial charge in [0.15, 0.2) is 0 Å². The number of carbonyl (C=O) groups is 2. The number of hydrogen-bond acceptors (Lipinski definition) is 4. The fraction of sp³-hybridized carbons (Fsp3) is 0.357. The molecule has 0 unspecified atom stereocenters. The maximum atomic E-state index is 11.9. The normalized spacial score (nSPS) is 9.74. The number of nitriles is 1. The third-order valence-electron chi connectivity index (χ3n) is 2.49. The van der Waals surface area contributed by atoms with Crippen LogP contribution in [0.1, 0.15) is 28.4 Å². The Balaban J connectivity index is 3.11. The predicted octanol–water partition coefficient (Wildman–Crippen LogP) is 2.44. The van der Waals surface area contributed by atoms with Gasteiger partial charge in [-0.2, -0.15) is 5.26 Å². The minimum Gasteiger partial charge on any atom is -0.462 e. The van der Waals surface area contributed by atoms with Gasteiger partial charge >= 0.3 is 5.97 Å². The number of alkyl halides is 1. The molecule has 4 nitrogen and oxygen atoms in total. The van der Waals surface area contributed by atoms with Crippen molar-refractivity contribution in [3.05, 3.63) is 34.9 Å². The number of ketones is 1. The molecule has 0 spiro atoms. The number of hydrogen-bond donors (Lipinski definition) is 0. The van der Waals surface area contributed by atoms with Gasteiger partial charge in [-0.15, -0.1) is 0 Å². The minimum absolute atomic E-state index is 0.0152. The van der Waals surface area contributed by atoms with E-state index in [-0.39, 0.29) is 30.6 Å². The number of Topliss-reactive ketones (excluding diaryl/α,β-unsaturated/α-hetero) is 1. The zero-order chi connectivity index (χ0) is 14.3. The van der Waals surface area contributed by atoms with Gasteiger partial charge in [0.2, 0.25) is 0 Å². The summed E-state index contributed by atoms with van der Waals surface area (Å²) in [4.78, 5) is 23.3. The lowest BCUT2D eigenvalue weighted by Gasteiger charge is -2.09. The van der Waals surface area contributed by atoms with E-state index in [9.17, 15) is 9.59 Å². The van der Waals surface area contributed by atoms with Gasteiger partial charge in [-0.1, -0.05) is 28.1 Å². The smallest absolute Gasteiger partial charge is 0.338 e. The third-order valence-corrected chi connectivity index (χ3v) is 3.11. The molecule has 0 radical (unpaired) electrons. The standard InChI is InChI=1S/C14H14BrNO3/c1-2-19-14(18)13-7-10(5-6-16)3-4-11(13)8-12(17)9-15/h3-4,7H,2,5,8-9H2,1H3. The molecule has 0 aliphatic rings. The molecule has 0 saturated carbocycles. The molecule has 19 heavy (non-hydrogen) atoms. The van der Waals surface area contributed by atoms with Crippen LogP contribution >= 0.6 is 15.9 Å². The summed E-state index contributed by atoms with van der Waals surface area (Å²) in [6.07, 6.45) is 0.394. The molecule has 1 rings (SSSR count). The lowest BCUT2D eigenvalue weighted by atomic mass is 9.99. The van der Waals surface area contributed by atoms with E-state index in [1.165, 1.54) is 0 Å². The van der Waals surface area contributed by atoms with Crippen LogP contribution in [0.25, 0.3) is 0 Å². The summed E-state index contributed by atoms with van der Waals surface area (Å²) in [5.41, 5.74) is 1.73. The van der Waals surface area contributed by atoms with E-state index in [4.69, 9.17) is 10.00 Å². The van der Waals surface area contributed by atoms with Gasteiger partial charge in [-0.05, 0) is 24.1 Å². The lowest BCUT2D eigenvalue weighted by molar-refractivity contribution is -0.115. The molecule has 0 aliphatic carbocycles. The zero-order valence-corrected chi connectivity index (χ0v) is 12.2. The molecule has 0 bridgehead atoms. The highest BCUT2D eigenvalue weighted by atomic mass is 79.9. The van der Waals surface area contributed by atoms with Gasteiger partial charge in [-0.3, -0.25) is 4.79 Å². The fourth-order valence-electron chi connectivity index (χ4n) is 1.64. The second kappa shape index (κ2) is 7.70. The number of ether oxygens (including phenoxy) is 1. The van der Waals surface area contributed by atoms with Gasteiger partial charge in [0, 0.05) is 6.42 Å². The highest BCUT2D eigenvalue weighted by Gasteiger charge is 2.15. The van der Waals surface area contributed by atoms with Gasteiger partial charge in [0.1, 0.15) is 5.78 Å². The van der Waals surface area contributed by atoms with Crippen LogP contribution in [-0.2, 0) is 22.4 Å². The SMILES string of the molecule is CCOC(=O)c1cc(CC#N)ccc1CC(=O)CBr. The van der Waals surface area contributed by atoms with Crippen LogP contribution in [0.5, 0.6) is 0 Å². The summed E-state index contributed by atoms with van der Waals surface area (Å²) >= 11 is 3.10. The summed E-state index contributed by atoms with van der Waals surface area (Å²) in [5, 5.41) is 8.92. The molecule has 0 heterocycles. The number of halogens is 1. The highest BCUT2D eigenvalue weighted by Crippen LogP contribution is 2.16. The number of rotatable bonds is 6. The minimum atomic E-state index is -0.459. The molecule has 0 saturated heterocycles. The van der Waals surface area contributed by atoms with Crippen molar-refractivity contribution in [1.29, 1.82) is 5.26 Å². The maximum absolute atomic E-state index is 11.9. The molecule has 0 atom stereocenters. The van der Waals surface area contributed by atoms with Crippen LogP contribution in [0.15, 0.2) is 18.2 Å². The highest BCUT2D eigenvalue weighted by molar-refractivity contribution is 9.09. The quantitative estimate of drug-likeness (QED) is 0.595. The van der Waals surface area contributed by atoms with Crippen molar-refractivity contribution in [2.75, 3.05) is 11.9 Å². The van der Waals surface area contributed by atoms with Crippen LogP contribution < -0.4 is 0 Å². The Morgan fingerprint density at radius 1 is 1.42 bits per heavy atom. The molecule has 100 valence electrons. The van der Waals surface area contributed by atoms with Gasteiger partial charge in [0.25, 0.3) is 0 Å². The largest absolute Gasteiger partial charge is 0.462 e.